The van der Waals surface area contributed by atoms with Crippen molar-refractivity contribution in [1.82, 2.24) is 0 Å². The van der Waals surface area contributed by atoms with Gasteiger partial charge in [-0.25, -0.2) is 0 Å². The van der Waals surface area contributed by atoms with Crippen molar-refractivity contribution in [3.8, 4) is 0 Å². The van der Waals surface area contributed by atoms with Gasteiger partial charge in [-0.3, -0.25) is 0 Å². The van der Waals surface area contributed by atoms with Gasteiger partial charge in [-0.2, -0.15) is 0 Å². The highest BCUT2D eigenvalue weighted by molar-refractivity contribution is 5.16. The van der Waals surface area contributed by atoms with Gasteiger partial charge in [-0.1, -0.05) is 34.6 Å². The fourth-order valence-electron chi connectivity index (χ4n) is 4.09. The van der Waals surface area contributed by atoms with Crippen molar-refractivity contribution in [3.05, 3.63) is 0 Å². The van der Waals surface area contributed by atoms with Gasteiger partial charge in [0.25, 0.3) is 0 Å². The van der Waals surface area contributed by atoms with Crippen molar-refractivity contribution < 1.29 is 0 Å². The fourth-order valence-corrected chi connectivity index (χ4v) is 4.09. The van der Waals surface area contributed by atoms with E-state index in [1.807, 2.05) is 0 Å². The standard InChI is InChI=1S/C14H26/c1-9(2)6-12-11-8-14(12,5)13(11)7-10(3)4/h9-13H,6-8H2,1-5H3. The zero-order valence-electron chi connectivity index (χ0n) is 10.5. The Morgan fingerprint density at radius 2 is 1.43 bits per heavy atom. The Morgan fingerprint density at radius 1 is 1.00 bits per heavy atom. The van der Waals surface area contributed by atoms with E-state index in [2.05, 4.69) is 34.6 Å². The molecule has 0 aliphatic heterocycles. The Morgan fingerprint density at radius 3 is 1.64 bits per heavy atom. The third-order valence-corrected chi connectivity index (χ3v) is 4.85. The summed E-state index contributed by atoms with van der Waals surface area (Å²) in [6.45, 7) is 12.0. The second-order valence-corrected chi connectivity index (χ2v) is 6.85. The van der Waals surface area contributed by atoms with Crippen LogP contribution in [0.25, 0.3) is 0 Å². The summed E-state index contributed by atoms with van der Waals surface area (Å²) >= 11 is 0. The quantitative estimate of drug-likeness (QED) is 0.624. The second-order valence-electron chi connectivity index (χ2n) is 6.85. The summed E-state index contributed by atoms with van der Waals surface area (Å²) in [5, 5.41) is 0. The van der Waals surface area contributed by atoms with Gasteiger partial charge < -0.3 is 0 Å². The normalized spacial score (nSPS) is 45.2. The Hall–Kier alpha value is 0. The van der Waals surface area contributed by atoms with Crippen LogP contribution in [0.3, 0.4) is 0 Å². The highest BCUT2D eigenvalue weighted by Gasteiger charge is 2.68. The highest BCUT2D eigenvalue weighted by Crippen LogP contribution is 2.75. The van der Waals surface area contributed by atoms with Crippen molar-refractivity contribution in [1.29, 1.82) is 0 Å². The molecule has 0 aromatic carbocycles. The summed E-state index contributed by atoms with van der Waals surface area (Å²) < 4.78 is 0. The van der Waals surface area contributed by atoms with Crippen LogP contribution in [0.2, 0.25) is 0 Å². The van der Waals surface area contributed by atoms with Crippen molar-refractivity contribution >= 4 is 0 Å². The van der Waals surface area contributed by atoms with E-state index >= 15 is 0 Å². The minimum absolute atomic E-state index is 0.763. The Balaban J connectivity index is 1.87. The van der Waals surface area contributed by atoms with Gasteiger partial charge in [0.15, 0.2) is 0 Å². The maximum Gasteiger partial charge on any atom is -0.0261 e. The molecule has 0 N–H and O–H groups in total. The largest absolute Gasteiger partial charge is 0.0628 e. The van der Waals surface area contributed by atoms with Crippen LogP contribution in [0.15, 0.2) is 0 Å². The maximum atomic E-state index is 2.55. The molecule has 0 heterocycles. The summed E-state index contributed by atoms with van der Waals surface area (Å²) in [6.07, 6.45) is 4.51. The van der Waals surface area contributed by atoms with Crippen molar-refractivity contribution in [2.24, 2.45) is 35.0 Å². The highest BCUT2D eigenvalue weighted by atomic mass is 14.7. The summed E-state index contributed by atoms with van der Waals surface area (Å²) in [5.41, 5.74) is 0.763. The van der Waals surface area contributed by atoms with Gasteiger partial charge >= 0.3 is 0 Å². The molecule has 0 aromatic heterocycles. The van der Waals surface area contributed by atoms with E-state index in [1.165, 1.54) is 12.8 Å². The van der Waals surface area contributed by atoms with Crippen molar-refractivity contribution in [3.63, 3.8) is 0 Å². The second kappa shape index (κ2) is 3.25. The van der Waals surface area contributed by atoms with Crippen LogP contribution < -0.4 is 0 Å². The third-order valence-electron chi connectivity index (χ3n) is 4.85. The molecule has 3 aliphatic rings. The van der Waals surface area contributed by atoms with Gasteiger partial charge in [-0.05, 0) is 54.3 Å². The lowest BCUT2D eigenvalue weighted by molar-refractivity contribution is -0.260. The molecule has 0 nitrogen and oxygen atoms in total. The molecule has 3 fully saturated rings. The predicted octanol–water partition coefficient (Wildman–Crippen LogP) is 4.35. The minimum atomic E-state index is 0.763. The van der Waals surface area contributed by atoms with Gasteiger partial charge in [-0.15, -0.1) is 0 Å². The van der Waals surface area contributed by atoms with Crippen LogP contribution in [-0.2, 0) is 0 Å². The molecule has 2 atom stereocenters. The maximum absolute atomic E-state index is 2.55. The molecule has 14 heavy (non-hydrogen) atoms. The van der Waals surface area contributed by atoms with E-state index in [1.54, 1.807) is 6.42 Å². The van der Waals surface area contributed by atoms with Crippen molar-refractivity contribution in [2.75, 3.05) is 0 Å². The molecule has 0 saturated heterocycles. The molecule has 0 heteroatoms. The minimum Gasteiger partial charge on any atom is -0.0628 e. The van der Waals surface area contributed by atoms with E-state index < -0.39 is 0 Å². The van der Waals surface area contributed by atoms with Crippen LogP contribution in [0.4, 0.5) is 0 Å². The molecule has 3 rings (SSSR count). The van der Waals surface area contributed by atoms with Crippen LogP contribution in [0.5, 0.6) is 0 Å². The summed E-state index contributed by atoms with van der Waals surface area (Å²) in [6, 6.07) is 0. The van der Waals surface area contributed by atoms with E-state index in [-0.39, 0.29) is 0 Å². The summed E-state index contributed by atoms with van der Waals surface area (Å²) in [7, 11) is 0. The summed E-state index contributed by atoms with van der Waals surface area (Å²) in [5.74, 6) is 5.10. The van der Waals surface area contributed by atoms with Gasteiger partial charge in [0.05, 0.1) is 0 Å². The van der Waals surface area contributed by atoms with Crippen LogP contribution in [-0.4, -0.2) is 0 Å². The molecule has 82 valence electrons. The Kier molecular flexibility index (Phi) is 2.44. The van der Waals surface area contributed by atoms with Crippen LogP contribution >= 0.6 is 0 Å². The molecular weight excluding hydrogens is 168 g/mol. The van der Waals surface area contributed by atoms with Gasteiger partial charge in [0.1, 0.15) is 0 Å². The molecule has 0 aromatic rings. The monoisotopic (exact) mass is 194 g/mol. The molecule has 2 unspecified atom stereocenters. The number of rotatable bonds is 4. The smallest absolute Gasteiger partial charge is 0.0261 e. The first kappa shape index (κ1) is 10.5. The Bertz CT molecular complexity index is 196. The number of hydrogen-bond donors (Lipinski definition) is 0. The van der Waals surface area contributed by atoms with E-state index in [0.29, 0.717) is 0 Å². The lowest BCUT2D eigenvalue weighted by Crippen LogP contribution is -2.68. The molecule has 3 aliphatic carbocycles. The molecular formula is C14H26. The van der Waals surface area contributed by atoms with E-state index in [4.69, 9.17) is 0 Å². The molecule has 3 saturated carbocycles. The average molecular weight is 194 g/mol. The first-order valence-electron chi connectivity index (χ1n) is 6.45. The molecule has 0 amide bonds. The van der Waals surface area contributed by atoms with E-state index in [0.717, 1.165) is 35.0 Å². The molecule has 2 bridgehead atoms. The van der Waals surface area contributed by atoms with Gasteiger partial charge in [0, 0.05) is 0 Å². The van der Waals surface area contributed by atoms with Crippen molar-refractivity contribution in [2.45, 2.75) is 53.9 Å². The summed E-state index contributed by atoms with van der Waals surface area (Å²) in [4.78, 5) is 0. The lowest BCUT2D eigenvalue weighted by atomic mass is 9.30. The first-order chi connectivity index (χ1) is 6.45. The molecule has 0 radical (unpaired) electrons. The first-order valence-corrected chi connectivity index (χ1v) is 6.45. The Labute approximate surface area is 89.5 Å². The van der Waals surface area contributed by atoms with Crippen LogP contribution in [0.1, 0.15) is 53.9 Å². The van der Waals surface area contributed by atoms with E-state index in [9.17, 15) is 0 Å². The zero-order valence-corrected chi connectivity index (χ0v) is 10.5. The lowest BCUT2D eigenvalue weighted by Gasteiger charge is -2.74. The van der Waals surface area contributed by atoms with Gasteiger partial charge in [0.2, 0.25) is 0 Å². The third kappa shape index (κ3) is 1.33. The predicted molar refractivity (Wildman–Crippen MR) is 62.1 cm³/mol. The SMILES string of the molecule is CC(C)CC1C2CC1(C)C2CC(C)C. The van der Waals surface area contributed by atoms with Crippen LogP contribution in [0, 0.1) is 35.0 Å². The fraction of sp³-hybridized carbons (Fsp3) is 1.00. The zero-order chi connectivity index (χ0) is 10.5. The molecule has 0 spiro atoms. The number of hydrogen-bond acceptors (Lipinski definition) is 0. The average Bonchev–Trinajstić information content (AvgIpc) is 2.08. The topological polar surface area (TPSA) is 0 Å².